The van der Waals surface area contributed by atoms with Crippen molar-refractivity contribution in [3.8, 4) is 17.2 Å². The van der Waals surface area contributed by atoms with Gasteiger partial charge in [0, 0.05) is 35.3 Å². The molecule has 7 heteroatoms. The summed E-state index contributed by atoms with van der Waals surface area (Å²) in [5.41, 5.74) is 2.54. The summed E-state index contributed by atoms with van der Waals surface area (Å²) in [6, 6.07) is 17.2. The SMILES string of the molecule is CCn1cc(C=C2Oc3cc(OC(=O)c4ccccc4Cl)ccc3C2=O)c2cc(OC)ccc21. The number of nitrogens with zero attached hydrogens (tertiary/aromatic N) is 1. The van der Waals surface area contributed by atoms with E-state index in [1.165, 1.54) is 6.07 Å². The van der Waals surface area contributed by atoms with Crippen LogP contribution in [0.1, 0.15) is 33.2 Å². The maximum atomic E-state index is 13.0. The molecule has 0 atom stereocenters. The minimum absolute atomic E-state index is 0.197. The fraction of sp³-hybridized carbons (Fsp3) is 0.111. The number of ether oxygens (including phenoxy) is 3. The molecule has 1 aliphatic rings. The molecule has 2 heterocycles. The second-order valence-electron chi connectivity index (χ2n) is 7.72. The van der Waals surface area contributed by atoms with Crippen LogP contribution in [-0.2, 0) is 6.54 Å². The third-order valence-electron chi connectivity index (χ3n) is 5.69. The number of allylic oxidation sites excluding steroid dienone is 1. The summed E-state index contributed by atoms with van der Waals surface area (Å²) < 4.78 is 18.8. The summed E-state index contributed by atoms with van der Waals surface area (Å²) in [6.07, 6.45) is 3.71. The molecule has 5 rings (SSSR count). The Labute approximate surface area is 200 Å². The number of rotatable bonds is 5. The van der Waals surface area contributed by atoms with Crippen molar-refractivity contribution in [2.45, 2.75) is 13.5 Å². The summed E-state index contributed by atoms with van der Waals surface area (Å²) in [5.74, 6) is 0.685. The maximum Gasteiger partial charge on any atom is 0.345 e. The van der Waals surface area contributed by atoms with E-state index in [2.05, 4.69) is 11.5 Å². The van der Waals surface area contributed by atoms with Crippen molar-refractivity contribution in [2.24, 2.45) is 0 Å². The van der Waals surface area contributed by atoms with Crippen molar-refractivity contribution < 1.29 is 23.8 Å². The molecule has 0 amide bonds. The van der Waals surface area contributed by atoms with E-state index in [4.69, 9.17) is 25.8 Å². The smallest absolute Gasteiger partial charge is 0.345 e. The topological polar surface area (TPSA) is 66.8 Å². The van der Waals surface area contributed by atoms with Gasteiger partial charge in [0.15, 0.2) is 5.76 Å². The Balaban J connectivity index is 1.45. The molecule has 1 aliphatic heterocycles. The Morgan fingerprint density at radius 2 is 1.88 bits per heavy atom. The van der Waals surface area contributed by atoms with E-state index in [0.29, 0.717) is 16.3 Å². The van der Waals surface area contributed by atoms with Gasteiger partial charge in [-0.2, -0.15) is 0 Å². The number of methoxy groups -OCH3 is 1. The van der Waals surface area contributed by atoms with Crippen molar-refractivity contribution in [2.75, 3.05) is 7.11 Å². The number of carbonyl (C=O) groups excluding carboxylic acids is 2. The highest BCUT2D eigenvalue weighted by molar-refractivity contribution is 6.33. The first-order valence-electron chi connectivity index (χ1n) is 10.7. The van der Waals surface area contributed by atoms with Gasteiger partial charge >= 0.3 is 5.97 Å². The molecular formula is C27H20ClNO5. The molecule has 6 nitrogen and oxygen atoms in total. The molecule has 0 N–H and O–H groups in total. The van der Waals surface area contributed by atoms with Gasteiger partial charge in [0.1, 0.15) is 17.2 Å². The molecule has 34 heavy (non-hydrogen) atoms. The predicted molar refractivity (Wildman–Crippen MR) is 130 cm³/mol. The zero-order valence-corrected chi connectivity index (χ0v) is 19.3. The van der Waals surface area contributed by atoms with Crippen molar-refractivity contribution in [1.29, 1.82) is 0 Å². The van der Waals surface area contributed by atoms with Gasteiger partial charge in [-0.1, -0.05) is 23.7 Å². The Morgan fingerprint density at radius 3 is 2.65 bits per heavy atom. The summed E-state index contributed by atoms with van der Waals surface area (Å²) in [7, 11) is 1.62. The Bertz CT molecular complexity index is 1480. The van der Waals surface area contributed by atoms with Gasteiger partial charge in [0.2, 0.25) is 5.78 Å². The minimum Gasteiger partial charge on any atom is -0.497 e. The summed E-state index contributed by atoms with van der Waals surface area (Å²) in [5, 5.41) is 1.25. The van der Waals surface area contributed by atoms with Crippen molar-refractivity contribution in [3.05, 3.63) is 94.3 Å². The first kappa shape index (κ1) is 21.8. The molecule has 0 bridgehead atoms. The van der Waals surface area contributed by atoms with Crippen LogP contribution in [0.3, 0.4) is 0 Å². The lowest BCUT2D eigenvalue weighted by atomic mass is 10.1. The number of halogens is 1. The van der Waals surface area contributed by atoms with E-state index < -0.39 is 5.97 Å². The number of carbonyl (C=O) groups is 2. The fourth-order valence-corrected chi connectivity index (χ4v) is 4.18. The van der Waals surface area contributed by atoms with Crippen LogP contribution in [0, 0.1) is 0 Å². The van der Waals surface area contributed by atoms with E-state index in [-0.39, 0.29) is 22.9 Å². The van der Waals surface area contributed by atoms with Crippen LogP contribution in [-0.4, -0.2) is 23.4 Å². The fourth-order valence-electron chi connectivity index (χ4n) is 3.97. The molecule has 0 spiro atoms. The third-order valence-corrected chi connectivity index (χ3v) is 6.02. The zero-order valence-electron chi connectivity index (χ0n) is 18.5. The highest BCUT2D eigenvalue weighted by Crippen LogP contribution is 2.36. The van der Waals surface area contributed by atoms with Gasteiger partial charge in [-0.15, -0.1) is 0 Å². The van der Waals surface area contributed by atoms with Crippen molar-refractivity contribution >= 4 is 40.3 Å². The largest absolute Gasteiger partial charge is 0.497 e. The molecule has 0 saturated carbocycles. The van der Waals surface area contributed by atoms with E-state index in [1.54, 1.807) is 49.6 Å². The van der Waals surface area contributed by atoms with E-state index in [0.717, 1.165) is 28.8 Å². The van der Waals surface area contributed by atoms with E-state index >= 15 is 0 Å². The maximum absolute atomic E-state index is 13.0. The van der Waals surface area contributed by atoms with Crippen LogP contribution in [0.15, 0.2) is 72.6 Å². The molecule has 0 fully saturated rings. The highest BCUT2D eigenvalue weighted by atomic mass is 35.5. The van der Waals surface area contributed by atoms with E-state index in [1.807, 2.05) is 24.4 Å². The Kier molecular flexibility index (Phi) is 5.59. The monoisotopic (exact) mass is 473 g/mol. The normalized spacial score (nSPS) is 13.7. The summed E-state index contributed by atoms with van der Waals surface area (Å²) >= 11 is 6.08. The molecule has 0 saturated heterocycles. The standard InChI is InChI=1S/C27H20ClNO5/c1-3-29-15-16(21-13-17(32-2)9-11-23(21)29)12-25-26(30)20-10-8-18(14-24(20)34-25)33-27(31)19-6-4-5-7-22(19)28/h4-15H,3H2,1-2H3. The van der Waals surface area contributed by atoms with Gasteiger partial charge in [-0.25, -0.2) is 4.79 Å². The number of hydrogen-bond acceptors (Lipinski definition) is 5. The molecule has 3 aromatic carbocycles. The van der Waals surface area contributed by atoms with Crippen LogP contribution >= 0.6 is 11.6 Å². The zero-order chi connectivity index (χ0) is 23.8. The van der Waals surface area contributed by atoms with Gasteiger partial charge in [-0.3, -0.25) is 4.79 Å². The number of aromatic nitrogens is 1. The number of Topliss-reactive ketones (excluding diaryl/α,β-unsaturated/α-hetero) is 1. The lowest BCUT2D eigenvalue weighted by Gasteiger charge is -2.06. The van der Waals surface area contributed by atoms with Crippen LogP contribution in [0.4, 0.5) is 0 Å². The van der Waals surface area contributed by atoms with Crippen molar-refractivity contribution in [3.63, 3.8) is 0 Å². The van der Waals surface area contributed by atoms with Crippen LogP contribution < -0.4 is 14.2 Å². The van der Waals surface area contributed by atoms with Crippen molar-refractivity contribution in [1.82, 2.24) is 4.57 Å². The lowest BCUT2D eigenvalue weighted by Crippen LogP contribution is -2.09. The number of hydrogen-bond donors (Lipinski definition) is 0. The second-order valence-corrected chi connectivity index (χ2v) is 8.13. The van der Waals surface area contributed by atoms with Crippen LogP contribution in [0.2, 0.25) is 5.02 Å². The molecular weight excluding hydrogens is 454 g/mol. The Hall–Kier alpha value is -4.03. The van der Waals surface area contributed by atoms with Gasteiger partial charge in [0.05, 0.1) is 23.3 Å². The van der Waals surface area contributed by atoms with Crippen LogP contribution in [0.5, 0.6) is 17.2 Å². The first-order chi connectivity index (χ1) is 16.5. The Morgan fingerprint density at radius 1 is 1.09 bits per heavy atom. The molecule has 0 radical (unpaired) electrons. The lowest BCUT2D eigenvalue weighted by molar-refractivity contribution is 0.0734. The van der Waals surface area contributed by atoms with Gasteiger partial charge in [-0.05, 0) is 55.5 Å². The molecule has 0 aliphatic carbocycles. The molecule has 1 aromatic heterocycles. The average Bonchev–Trinajstić information content (AvgIpc) is 3.35. The third kappa shape index (κ3) is 3.82. The average molecular weight is 474 g/mol. The second kappa shape index (κ2) is 8.72. The summed E-state index contributed by atoms with van der Waals surface area (Å²) in [6.45, 7) is 2.83. The first-order valence-corrected chi connectivity index (χ1v) is 11.1. The van der Waals surface area contributed by atoms with E-state index in [9.17, 15) is 9.59 Å². The number of esters is 1. The molecule has 0 unspecified atom stereocenters. The number of fused-ring (bicyclic) bond motifs is 2. The van der Waals surface area contributed by atoms with Gasteiger partial charge in [0.25, 0.3) is 0 Å². The predicted octanol–water partition coefficient (Wildman–Crippen LogP) is 6.16. The van der Waals surface area contributed by atoms with Gasteiger partial charge < -0.3 is 18.8 Å². The number of ketones is 1. The molecule has 4 aromatic rings. The molecule has 170 valence electrons. The quantitative estimate of drug-likeness (QED) is 0.197. The number of aryl methyl sites for hydroxylation is 1. The number of benzene rings is 3. The summed E-state index contributed by atoms with van der Waals surface area (Å²) in [4.78, 5) is 25.5. The minimum atomic E-state index is -0.591. The van der Waals surface area contributed by atoms with Crippen LogP contribution in [0.25, 0.3) is 17.0 Å². The highest BCUT2D eigenvalue weighted by Gasteiger charge is 2.28.